The standard InChI is InChI=1S/C9H10Cl2N2.ClH/c10-6-3-13-4-7(11)8(6)9(12)5-1-2-5;/h3-5,9H,1-2,12H2;1H/t9-;/m0./s1. The van der Waals surface area contributed by atoms with E-state index in [1.807, 2.05) is 0 Å². The molecule has 0 spiro atoms. The summed E-state index contributed by atoms with van der Waals surface area (Å²) in [5, 5.41) is 1.15. The molecule has 0 aliphatic heterocycles. The van der Waals surface area contributed by atoms with Gasteiger partial charge in [0.2, 0.25) is 0 Å². The molecule has 0 saturated heterocycles. The van der Waals surface area contributed by atoms with Crippen molar-refractivity contribution in [2.24, 2.45) is 11.7 Å². The maximum absolute atomic E-state index is 6.01. The highest BCUT2D eigenvalue weighted by atomic mass is 35.5. The monoisotopic (exact) mass is 252 g/mol. The first-order valence-electron chi connectivity index (χ1n) is 4.24. The Morgan fingerprint density at radius 1 is 1.29 bits per heavy atom. The van der Waals surface area contributed by atoms with Gasteiger partial charge < -0.3 is 5.73 Å². The van der Waals surface area contributed by atoms with E-state index in [-0.39, 0.29) is 18.4 Å². The Kier molecular flexibility index (Phi) is 4.02. The smallest absolute Gasteiger partial charge is 0.0652 e. The predicted octanol–water partition coefficient (Wildman–Crippen LogP) is 3.22. The van der Waals surface area contributed by atoms with Crippen molar-refractivity contribution in [2.45, 2.75) is 18.9 Å². The Balaban J connectivity index is 0.000000980. The molecule has 5 heteroatoms. The molecule has 1 aliphatic rings. The first kappa shape index (κ1) is 12.1. The van der Waals surface area contributed by atoms with Crippen molar-refractivity contribution in [2.75, 3.05) is 0 Å². The van der Waals surface area contributed by atoms with Crippen LogP contribution in [0.1, 0.15) is 24.4 Å². The van der Waals surface area contributed by atoms with Crippen molar-refractivity contribution in [3.63, 3.8) is 0 Å². The molecule has 14 heavy (non-hydrogen) atoms. The zero-order valence-electron chi connectivity index (χ0n) is 7.41. The van der Waals surface area contributed by atoms with Gasteiger partial charge in [0.1, 0.15) is 0 Å². The molecule has 2 nitrogen and oxygen atoms in total. The van der Waals surface area contributed by atoms with Gasteiger partial charge in [0.25, 0.3) is 0 Å². The fourth-order valence-electron chi connectivity index (χ4n) is 1.43. The molecule has 2 N–H and O–H groups in total. The van der Waals surface area contributed by atoms with Crippen molar-refractivity contribution < 1.29 is 0 Å². The summed E-state index contributed by atoms with van der Waals surface area (Å²) in [6, 6.07) is -0.0250. The first-order valence-corrected chi connectivity index (χ1v) is 5.00. The van der Waals surface area contributed by atoms with Crippen LogP contribution in [0.4, 0.5) is 0 Å². The Hall–Kier alpha value is -0.0200. The highest BCUT2D eigenvalue weighted by molar-refractivity contribution is 6.35. The van der Waals surface area contributed by atoms with E-state index >= 15 is 0 Å². The first-order chi connectivity index (χ1) is 6.20. The molecule has 1 aromatic rings. The van der Waals surface area contributed by atoms with Crippen LogP contribution in [-0.2, 0) is 0 Å². The third kappa shape index (κ3) is 2.31. The minimum atomic E-state index is -0.0250. The Bertz CT molecular complexity index is 306. The van der Waals surface area contributed by atoms with E-state index in [1.54, 1.807) is 12.4 Å². The molecule has 2 rings (SSSR count). The maximum atomic E-state index is 6.01. The largest absolute Gasteiger partial charge is 0.324 e. The maximum Gasteiger partial charge on any atom is 0.0652 e. The number of hydrogen-bond acceptors (Lipinski definition) is 2. The van der Waals surface area contributed by atoms with Crippen LogP contribution in [0.25, 0.3) is 0 Å². The average molecular weight is 254 g/mol. The van der Waals surface area contributed by atoms with E-state index in [2.05, 4.69) is 4.98 Å². The fourth-order valence-corrected chi connectivity index (χ4v) is 2.05. The van der Waals surface area contributed by atoms with Crippen molar-refractivity contribution in [1.29, 1.82) is 0 Å². The molecule has 0 unspecified atom stereocenters. The van der Waals surface area contributed by atoms with Crippen LogP contribution in [0, 0.1) is 5.92 Å². The highest BCUT2D eigenvalue weighted by Crippen LogP contribution is 2.43. The molecular weight excluding hydrogens is 242 g/mol. The minimum Gasteiger partial charge on any atom is -0.324 e. The number of aromatic nitrogens is 1. The summed E-state index contributed by atoms with van der Waals surface area (Å²) in [4.78, 5) is 3.89. The van der Waals surface area contributed by atoms with Crippen molar-refractivity contribution in [3.8, 4) is 0 Å². The summed E-state index contributed by atoms with van der Waals surface area (Å²) >= 11 is 11.9. The second kappa shape index (κ2) is 4.67. The van der Waals surface area contributed by atoms with Gasteiger partial charge in [-0.1, -0.05) is 23.2 Å². The van der Waals surface area contributed by atoms with Gasteiger partial charge in [-0.15, -0.1) is 12.4 Å². The Morgan fingerprint density at radius 2 is 1.79 bits per heavy atom. The summed E-state index contributed by atoms with van der Waals surface area (Å²) in [7, 11) is 0. The molecule has 1 aromatic heterocycles. The molecule has 1 saturated carbocycles. The topological polar surface area (TPSA) is 38.9 Å². The second-order valence-corrected chi connectivity index (χ2v) is 4.19. The van der Waals surface area contributed by atoms with Gasteiger partial charge in [0.15, 0.2) is 0 Å². The quantitative estimate of drug-likeness (QED) is 0.879. The van der Waals surface area contributed by atoms with Crippen LogP contribution in [0.5, 0.6) is 0 Å². The SMILES string of the molecule is Cl.N[C@H](c1c(Cl)cncc1Cl)C1CC1. The molecule has 0 bridgehead atoms. The van der Waals surface area contributed by atoms with E-state index in [0.717, 1.165) is 5.56 Å². The summed E-state index contributed by atoms with van der Waals surface area (Å²) in [6.07, 6.45) is 5.53. The molecule has 1 fully saturated rings. The molecule has 1 heterocycles. The van der Waals surface area contributed by atoms with Gasteiger partial charge in [0, 0.05) is 24.0 Å². The van der Waals surface area contributed by atoms with Crippen molar-refractivity contribution >= 4 is 35.6 Å². The highest BCUT2D eigenvalue weighted by Gasteiger charge is 2.31. The molecule has 0 aromatic carbocycles. The van der Waals surface area contributed by atoms with Crippen LogP contribution >= 0.6 is 35.6 Å². The van der Waals surface area contributed by atoms with Crippen LogP contribution in [0.3, 0.4) is 0 Å². The summed E-state index contributed by atoms with van der Waals surface area (Å²) in [5.41, 5.74) is 6.85. The van der Waals surface area contributed by atoms with Gasteiger partial charge in [0.05, 0.1) is 10.0 Å². The lowest BCUT2D eigenvalue weighted by atomic mass is 10.1. The zero-order valence-corrected chi connectivity index (χ0v) is 9.74. The average Bonchev–Trinajstić information content (AvgIpc) is 2.85. The lowest BCUT2D eigenvalue weighted by Gasteiger charge is -2.13. The minimum absolute atomic E-state index is 0. The van der Waals surface area contributed by atoms with E-state index in [9.17, 15) is 0 Å². The Labute approximate surface area is 99.2 Å². The normalized spacial score (nSPS) is 17.4. The van der Waals surface area contributed by atoms with Gasteiger partial charge >= 0.3 is 0 Å². The van der Waals surface area contributed by atoms with Crippen LogP contribution in [0.15, 0.2) is 12.4 Å². The van der Waals surface area contributed by atoms with Gasteiger partial charge in [-0.05, 0) is 18.8 Å². The summed E-state index contributed by atoms with van der Waals surface area (Å²) < 4.78 is 0. The fraction of sp³-hybridized carbons (Fsp3) is 0.444. The number of hydrogen-bond donors (Lipinski definition) is 1. The van der Waals surface area contributed by atoms with E-state index in [4.69, 9.17) is 28.9 Å². The number of rotatable bonds is 2. The summed E-state index contributed by atoms with van der Waals surface area (Å²) in [6.45, 7) is 0. The molecule has 78 valence electrons. The van der Waals surface area contributed by atoms with Crippen LogP contribution in [0.2, 0.25) is 10.0 Å². The van der Waals surface area contributed by atoms with Crippen molar-refractivity contribution in [3.05, 3.63) is 28.0 Å². The van der Waals surface area contributed by atoms with Crippen LogP contribution in [-0.4, -0.2) is 4.98 Å². The van der Waals surface area contributed by atoms with Crippen LogP contribution < -0.4 is 5.73 Å². The number of nitrogens with two attached hydrogens (primary N) is 1. The van der Waals surface area contributed by atoms with E-state index in [0.29, 0.717) is 16.0 Å². The molecular formula is C9H11Cl3N2. The van der Waals surface area contributed by atoms with Crippen molar-refractivity contribution in [1.82, 2.24) is 4.98 Å². The molecule has 1 atom stereocenters. The summed E-state index contributed by atoms with van der Waals surface area (Å²) in [5.74, 6) is 0.553. The zero-order chi connectivity index (χ0) is 9.42. The van der Waals surface area contributed by atoms with Gasteiger partial charge in [-0.25, -0.2) is 0 Å². The van der Waals surface area contributed by atoms with Gasteiger partial charge in [-0.3, -0.25) is 4.98 Å². The molecule has 0 radical (unpaired) electrons. The number of pyridine rings is 1. The predicted molar refractivity (Wildman–Crippen MR) is 61.2 cm³/mol. The number of nitrogens with zero attached hydrogens (tertiary/aromatic N) is 1. The van der Waals surface area contributed by atoms with Gasteiger partial charge in [-0.2, -0.15) is 0 Å². The second-order valence-electron chi connectivity index (χ2n) is 3.38. The Morgan fingerprint density at radius 3 is 2.21 bits per heavy atom. The molecule has 0 amide bonds. The van der Waals surface area contributed by atoms with E-state index < -0.39 is 0 Å². The lowest BCUT2D eigenvalue weighted by molar-refractivity contribution is 0.633. The molecule has 1 aliphatic carbocycles. The number of halogens is 3. The lowest BCUT2D eigenvalue weighted by Crippen LogP contribution is -2.13. The third-order valence-corrected chi connectivity index (χ3v) is 2.96. The third-order valence-electron chi connectivity index (χ3n) is 2.35. The van der Waals surface area contributed by atoms with E-state index in [1.165, 1.54) is 12.8 Å².